The number of rotatable bonds is 36. The minimum atomic E-state index is -3.50. The van der Waals surface area contributed by atoms with Crippen molar-refractivity contribution >= 4 is 66.4 Å². The first-order chi connectivity index (χ1) is 70.8. The van der Waals surface area contributed by atoms with E-state index in [-0.39, 0.29) is 81.6 Å². The van der Waals surface area contributed by atoms with Crippen molar-refractivity contribution < 1.29 is 90.7 Å². The molecule has 0 saturated carbocycles. The standard InChI is InChI=1S/C28H33F5N4O.2C28H34F4N4O.C28H35F3N4O/c1-3-4-8-36-12-18(13-36)34-17-10-22(30)24(23(31)11-17)27-26-20(19-6-5-7-21(29)25(19)35-26)9-16(2)37(27)14-28(32,33)15-38;1-3-4-9-35-13-20(14-35)33-19-6-8-22(24(30)12-19)27-26-23(21-7-5-18(29)11-25(21)34-26)10-17(2)36(27)15-28(31,32)16-37;1-3-4-10-35-13-19(14-35)33-18-8-9-21(24(30)12-18)27-26-22(20-6-5-7-23(29)25(20)34-26)11-17(2)36(27)15-28(31,32)16-37;1-3-4-11-34-14-22(15-34)32-21-8-5-19(6-9-21)27-26-24(23-10-7-20(29)13-25(23)33-26)12-18(2)35(27)16-28(30,31)17-36/h5-7,10-11,16,18,27,34-35,38H,3-4,8-9,12-15H2,1-2H3;5-8,11-12,17,20,27,33-34,37H,3-4,9-10,13-16H2,1-2H3;5-9,12,17,19,27,33-34,37H,3-4,10-11,13-16H2,1-2H3;5-10,13,18,22,27,32-33,36H,3-4,11-12,14-17H2,1-2H3. The van der Waals surface area contributed by atoms with Gasteiger partial charge in [-0.2, -0.15) is 0 Å². The second-order valence-electron chi connectivity index (χ2n) is 42.1. The number of aliphatic hydroxyl groups excluding tert-OH is 4. The Morgan fingerprint density at radius 1 is 0.311 bits per heavy atom. The summed E-state index contributed by atoms with van der Waals surface area (Å²) in [6.45, 7) is 19.2. The van der Waals surface area contributed by atoms with Gasteiger partial charge in [-0.1, -0.05) is 102 Å². The van der Waals surface area contributed by atoms with Gasteiger partial charge in [0.25, 0.3) is 23.7 Å². The molecule has 12 aromatic rings. The maximum atomic E-state index is 15.7. The third-order valence-electron chi connectivity index (χ3n) is 30.7. The first-order valence-corrected chi connectivity index (χ1v) is 52.1. The summed E-state index contributed by atoms with van der Waals surface area (Å²) < 4.78 is 235. The molecule has 800 valence electrons. The van der Waals surface area contributed by atoms with Crippen LogP contribution < -0.4 is 21.3 Å². The Morgan fingerprint density at radius 2 is 0.608 bits per heavy atom. The molecule has 0 spiro atoms. The summed E-state index contributed by atoms with van der Waals surface area (Å²) >= 11 is 0. The molecule has 4 saturated heterocycles. The topological polar surface area (TPSA) is 218 Å². The monoisotopic (exact) mass is 2070 g/mol. The molecular formula is C112H136F16N16O4. The fourth-order valence-corrected chi connectivity index (χ4v) is 23.0. The number of benzene rings is 8. The molecule has 4 aromatic heterocycles. The third-order valence-corrected chi connectivity index (χ3v) is 30.7. The summed E-state index contributed by atoms with van der Waals surface area (Å²) in [6.07, 6.45) is 10.9. The summed E-state index contributed by atoms with van der Waals surface area (Å²) in [6, 6.07) is 34.4. The zero-order valence-electron chi connectivity index (χ0n) is 84.8. The van der Waals surface area contributed by atoms with E-state index >= 15 is 17.6 Å². The number of aliphatic hydroxyl groups is 4. The minimum Gasteiger partial charge on any atom is -0.390 e. The highest BCUT2D eigenvalue weighted by Gasteiger charge is 2.49. The molecule has 0 amide bonds. The van der Waals surface area contributed by atoms with Crippen LogP contribution in [0.15, 0.2) is 146 Å². The lowest BCUT2D eigenvalue weighted by molar-refractivity contribution is -0.0870. The van der Waals surface area contributed by atoms with Gasteiger partial charge < -0.3 is 61.6 Å². The summed E-state index contributed by atoms with van der Waals surface area (Å²) in [4.78, 5) is 28.1. The van der Waals surface area contributed by atoms with Crippen LogP contribution in [0.3, 0.4) is 0 Å². The van der Waals surface area contributed by atoms with Crippen molar-refractivity contribution in [2.75, 3.05) is 152 Å². The number of hydrogen-bond donors (Lipinski definition) is 12. The number of aromatic nitrogens is 4. The Labute approximate surface area is 852 Å². The van der Waals surface area contributed by atoms with Crippen LogP contribution in [-0.4, -0.2) is 283 Å². The molecule has 12 N–H and O–H groups in total. The van der Waals surface area contributed by atoms with Gasteiger partial charge in [-0.3, -0.25) is 39.2 Å². The number of H-pyrrole nitrogens is 4. The molecule has 148 heavy (non-hydrogen) atoms. The van der Waals surface area contributed by atoms with E-state index in [0.717, 1.165) is 161 Å². The fourth-order valence-electron chi connectivity index (χ4n) is 23.0. The number of aromatic amines is 4. The normalized spacial score (nSPS) is 21.3. The van der Waals surface area contributed by atoms with Gasteiger partial charge in [-0.15, -0.1) is 0 Å². The molecule has 0 radical (unpaired) electrons. The van der Waals surface area contributed by atoms with E-state index in [1.165, 1.54) is 88.2 Å². The van der Waals surface area contributed by atoms with Gasteiger partial charge in [0, 0.05) is 171 Å². The van der Waals surface area contributed by atoms with Crippen molar-refractivity contribution in [3.05, 3.63) is 259 Å². The number of nitrogens with one attached hydrogen (secondary N) is 8. The number of anilines is 4. The summed E-state index contributed by atoms with van der Waals surface area (Å²) in [7, 11) is 0. The lowest BCUT2D eigenvalue weighted by Gasteiger charge is -2.42. The van der Waals surface area contributed by atoms with Crippen LogP contribution in [0.1, 0.15) is 198 Å². The molecule has 0 aliphatic carbocycles. The summed E-state index contributed by atoms with van der Waals surface area (Å²) in [5, 5.41) is 53.5. The van der Waals surface area contributed by atoms with Crippen LogP contribution in [0, 0.1) is 46.5 Å². The van der Waals surface area contributed by atoms with Crippen LogP contribution in [0.5, 0.6) is 0 Å². The van der Waals surface area contributed by atoms with Crippen molar-refractivity contribution in [3.63, 3.8) is 0 Å². The SMILES string of the molecule is CCCCN1CC(Nc2cc(F)c(C3c4[nH]c5c(F)cccc5c4CC(C)N3CC(F)(F)CO)c(F)c2)C1.CCCCN1CC(Nc2ccc(C3c4[nH]c5c(F)cccc5c4CC(C)N3CC(F)(F)CO)c(F)c2)C1.CCCCN1CC(Nc2ccc(C3c4[nH]c5cc(F)ccc5c4CC(C)N3CC(F)(F)CO)c(F)c2)C1.CCCCN1CC(Nc2ccc(C3c4[nH]c5cc(F)ccc5c4CC(C)N3CC(F)(F)CO)cc2)C1. The highest BCUT2D eigenvalue weighted by Crippen LogP contribution is 2.50. The molecule has 8 aliphatic heterocycles. The predicted molar refractivity (Wildman–Crippen MR) is 549 cm³/mol. The first-order valence-electron chi connectivity index (χ1n) is 52.1. The third kappa shape index (κ3) is 24.0. The number of alkyl halides is 8. The van der Waals surface area contributed by atoms with Crippen molar-refractivity contribution in [2.24, 2.45) is 0 Å². The molecule has 8 aromatic carbocycles. The number of fused-ring (bicyclic) bond motifs is 12. The lowest BCUT2D eigenvalue weighted by Crippen LogP contribution is -2.54. The predicted octanol–water partition coefficient (Wildman–Crippen LogP) is 21.2. The maximum Gasteiger partial charge on any atom is 0.283 e. The highest BCUT2D eigenvalue weighted by molar-refractivity contribution is 5.89. The lowest BCUT2D eigenvalue weighted by atomic mass is 9.87. The average molecular weight is 2070 g/mol. The van der Waals surface area contributed by atoms with E-state index in [1.54, 1.807) is 79.4 Å². The fraction of sp³-hybridized carbons (Fsp3) is 0.500. The highest BCUT2D eigenvalue weighted by atomic mass is 19.3. The molecule has 20 nitrogen and oxygen atoms in total. The minimum absolute atomic E-state index is 0.0641. The van der Waals surface area contributed by atoms with Crippen molar-refractivity contribution in [1.29, 1.82) is 0 Å². The van der Waals surface area contributed by atoms with Gasteiger partial charge in [-0.05, 0) is 230 Å². The second-order valence-corrected chi connectivity index (χ2v) is 42.1. The number of hydrogen-bond acceptors (Lipinski definition) is 16. The van der Waals surface area contributed by atoms with Crippen molar-refractivity contribution in [1.82, 2.24) is 59.1 Å². The Morgan fingerprint density at radius 3 is 0.953 bits per heavy atom. The van der Waals surface area contributed by atoms with E-state index in [9.17, 15) is 73.1 Å². The summed E-state index contributed by atoms with van der Waals surface area (Å²) in [5.41, 5.74) is 10.8. The van der Waals surface area contributed by atoms with Crippen molar-refractivity contribution in [3.8, 4) is 0 Å². The van der Waals surface area contributed by atoms with Crippen LogP contribution in [-0.2, 0) is 25.7 Å². The van der Waals surface area contributed by atoms with Crippen LogP contribution in [0.2, 0.25) is 0 Å². The van der Waals surface area contributed by atoms with Gasteiger partial charge in [0.05, 0.1) is 85.5 Å². The van der Waals surface area contributed by atoms with Crippen LogP contribution in [0.4, 0.5) is 93.0 Å². The number of nitrogens with zero attached hydrogens (tertiary/aromatic N) is 8. The summed E-state index contributed by atoms with van der Waals surface area (Å²) in [5.74, 6) is -18.0. The molecule has 12 heterocycles. The van der Waals surface area contributed by atoms with E-state index in [0.29, 0.717) is 75.4 Å². The number of likely N-dealkylation sites (tertiary alicyclic amines) is 4. The molecule has 36 heteroatoms. The van der Waals surface area contributed by atoms with Gasteiger partial charge in [0.15, 0.2) is 0 Å². The zero-order chi connectivity index (χ0) is 105. The molecular weight excluding hydrogens is 1940 g/mol. The number of unbranched alkanes of at least 4 members (excludes halogenated alkanes) is 4. The van der Waals surface area contributed by atoms with E-state index in [2.05, 4.69) is 88.5 Å². The van der Waals surface area contributed by atoms with Gasteiger partial charge >= 0.3 is 0 Å². The van der Waals surface area contributed by atoms with Crippen molar-refractivity contribution in [2.45, 2.75) is 229 Å². The van der Waals surface area contributed by atoms with Gasteiger partial charge in [0.2, 0.25) is 0 Å². The molecule has 4 fully saturated rings. The largest absolute Gasteiger partial charge is 0.390 e. The zero-order valence-corrected chi connectivity index (χ0v) is 84.8. The maximum absolute atomic E-state index is 15.7. The molecule has 8 unspecified atom stereocenters. The smallest absolute Gasteiger partial charge is 0.283 e. The van der Waals surface area contributed by atoms with E-state index in [1.807, 2.05) is 38.1 Å². The Hall–Kier alpha value is -10.5. The Kier molecular flexibility index (Phi) is 33.8. The molecule has 20 rings (SSSR count). The molecule has 8 atom stereocenters. The molecule has 8 aliphatic rings. The first kappa shape index (κ1) is 109. The van der Waals surface area contributed by atoms with Gasteiger partial charge in [-0.25, -0.2) is 70.2 Å². The second kappa shape index (κ2) is 46.0. The van der Waals surface area contributed by atoms with E-state index < -0.39 is 153 Å². The molecule has 0 bridgehead atoms. The quantitative estimate of drug-likeness (QED) is 0.0164. The van der Waals surface area contributed by atoms with Gasteiger partial charge in [0.1, 0.15) is 73.0 Å². The van der Waals surface area contributed by atoms with Crippen LogP contribution in [0.25, 0.3) is 43.6 Å². The average Bonchev–Trinajstić information content (AvgIpc) is 1.59. The number of halogens is 16. The number of para-hydroxylation sites is 2. The van der Waals surface area contributed by atoms with E-state index in [4.69, 9.17) is 0 Å². The Bertz CT molecular complexity index is 6530. The Balaban J connectivity index is 0.000000135. The van der Waals surface area contributed by atoms with Crippen LogP contribution >= 0.6 is 0 Å².